The lowest BCUT2D eigenvalue weighted by atomic mass is 10.0. The Kier molecular flexibility index (Phi) is 7.41. The van der Waals surface area contributed by atoms with Crippen molar-refractivity contribution in [3.8, 4) is 0 Å². The minimum absolute atomic E-state index is 0.0659. The summed E-state index contributed by atoms with van der Waals surface area (Å²) in [6, 6.07) is 7.10. The highest BCUT2D eigenvalue weighted by Crippen LogP contribution is 2.20. The molecule has 1 aliphatic heterocycles. The maximum atomic E-state index is 12.5. The Hall–Kier alpha value is -1.89. The highest BCUT2D eigenvalue weighted by molar-refractivity contribution is 7.83. The number of amides is 2. The molecule has 0 radical (unpaired) electrons. The van der Waals surface area contributed by atoms with Crippen LogP contribution in [0.1, 0.15) is 56.0 Å². The van der Waals surface area contributed by atoms with Crippen LogP contribution >= 0.6 is 0 Å². The average Bonchev–Trinajstić information content (AvgIpc) is 2.58. The smallest absolute Gasteiger partial charge is 0.410 e. The SMILES string of the molecule is CS(=O)Cc1cccc(C(=O)NCC2CCCCN2C(=O)OC(C)(C)C)c1. The van der Waals surface area contributed by atoms with E-state index in [1.807, 2.05) is 26.8 Å². The molecule has 0 aliphatic carbocycles. The number of nitrogens with one attached hydrogen (secondary N) is 1. The Balaban J connectivity index is 1.97. The third-order valence-corrected chi connectivity index (χ3v) is 5.05. The van der Waals surface area contributed by atoms with Gasteiger partial charge in [0.1, 0.15) is 5.60 Å². The van der Waals surface area contributed by atoms with Crippen molar-refractivity contribution in [1.29, 1.82) is 0 Å². The molecule has 2 unspecified atom stereocenters. The van der Waals surface area contributed by atoms with Crippen molar-refractivity contribution < 1.29 is 18.5 Å². The number of benzene rings is 1. The number of likely N-dealkylation sites (tertiary alicyclic amines) is 1. The van der Waals surface area contributed by atoms with Crippen LogP contribution in [-0.2, 0) is 21.3 Å². The highest BCUT2D eigenvalue weighted by Gasteiger charge is 2.30. The molecule has 1 N–H and O–H groups in total. The zero-order valence-corrected chi connectivity index (χ0v) is 17.4. The van der Waals surface area contributed by atoms with Crippen LogP contribution in [-0.4, -0.2) is 52.1 Å². The van der Waals surface area contributed by atoms with Gasteiger partial charge in [-0.25, -0.2) is 4.79 Å². The number of carbonyl (C=O) groups excluding carboxylic acids is 2. The molecular formula is C20H30N2O4S. The third-order valence-electron chi connectivity index (χ3n) is 4.31. The zero-order chi connectivity index (χ0) is 20.0. The Morgan fingerprint density at radius 1 is 1.30 bits per heavy atom. The maximum Gasteiger partial charge on any atom is 0.410 e. The molecule has 7 heteroatoms. The summed E-state index contributed by atoms with van der Waals surface area (Å²) in [6.45, 7) is 6.58. The molecule has 0 spiro atoms. The predicted octanol–water partition coefficient (Wildman–Crippen LogP) is 3.08. The predicted molar refractivity (Wildman–Crippen MR) is 107 cm³/mol. The summed E-state index contributed by atoms with van der Waals surface area (Å²) in [6.07, 6.45) is 4.13. The molecule has 1 saturated heterocycles. The molecule has 150 valence electrons. The first kappa shape index (κ1) is 21.4. The van der Waals surface area contributed by atoms with Gasteiger partial charge in [-0.1, -0.05) is 12.1 Å². The van der Waals surface area contributed by atoms with Gasteiger partial charge in [0.15, 0.2) is 0 Å². The molecule has 2 rings (SSSR count). The molecular weight excluding hydrogens is 364 g/mol. The van der Waals surface area contributed by atoms with Crippen LogP contribution in [0.5, 0.6) is 0 Å². The van der Waals surface area contributed by atoms with E-state index in [-0.39, 0.29) is 18.0 Å². The molecule has 1 aromatic rings. The lowest BCUT2D eigenvalue weighted by molar-refractivity contribution is 0.00986. The lowest BCUT2D eigenvalue weighted by Crippen LogP contribution is -2.50. The molecule has 27 heavy (non-hydrogen) atoms. The number of hydrogen-bond donors (Lipinski definition) is 1. The van der Waals surface area contributed by atoms with E-state index in [9.17, 15) is 13.8 Å². The van der Waals surface area contributed by atoms with Crippen LogP contribution in [0.2, 0.25) is 0 Å². The van der Waals surface area contributed by atoms with Crippen molar-refractivity contribution in [1.82, 2.24) is 10.2 Å². The molecule has 0 saturated carbocycles. The van der Waals surface area contributed by atoms with E-state index in [4.69, 9.17) is 4.74 Å². The van der Waals surface area contributed by atoms with Crippen LogP contribution in [0.3, 0.4) is 0 Å². The van der Waals surface area contributed by atoms with E-state index in [1.165, 1.54) is 0 Å². The molecule has 0 bridgehead atoms. The first-order chi connectivity index (χ1) is 12.7. The minimum atomic E-state index is -0.954. The third kappa shape index (κ3) is 6.97. The van der Waals surface area contributed by atoms with E-state index in [2.05, 4.69) is 5.32 Å². The topological polar surface area (TPSA) is 75.7 Å². The van der Waals surface area contributed by atoms with Gasteiger partial charge in [0.25, 0.3) is 5.91 Å². The van der Waals surface area contributed by atoms with Crippen molar-refractivity contribution in [3.63, 3.8) is 0 Å². The Morgan fingerprint density at radius 2 is 2.04 bits per heavy atom. The van der Waals surface area contributed by atoms with Gasteiger partial charge in [-0.3, -0.25) is 9.00 Å². The highest BCUT2D eigenvalue weighted by atomic mass is 32.2. The minimum Gasteiger partial charge on any atom is -0.444 e. The average molecular weight is 395 g/mol. The molecule has 2 amide bonds. The van der Waals surface area contributed by atoms with Crippen molar-refractivity contribution in [3.05, 3.63) is 35.4 Å². The maximum absolute atomic E-state index is 12.5. The van der Waals surface area contributed by atoms with Crippen molar-refractivity contribution >= 4 is 22.8 Å². The van der Waals surface area contributed by atoms with E-state index in [0.29, 0.717) is 24.4 Å². The molecule has 1 heterocycles. The number of nitrogens with zero attached hydrogens (tertiary/aromatic N) is 1. The molecule has 1 aromatic carbocycles. The fourth-order valence-corrected chi connectivity index (χ4v) is 3.77. The van der Waals surface area contributed by atoms with Gasteiger partial charge in [0.05, 0.1) is 6.04 Å². The Morgan fingerprint density at radius 3 is 2.70 bits per heavy atom. The number of ether oxygens (including phenoxy) is 1. The summed E-state index contributed by atoms with van der Waals surface area (Å²) in [5.41, 5.74) is 0.872. The molecule has 0 aromatic heterocycles. The summed E-state index contributed by atoms with van der Waals surface area (Å²) in [4.78, 5) is 26.7. The standard InChI is InChI=1S/C20H30N2O4S/c1-20(2,3)26-19(24)22-11-6-5-10-17(22)13-21-18(23)16-9-7-8-15(12-16)14-27(4)25/h7-9,12,17H,5-6,10-11,13-14H2,1-4H3,(H,21,23). The van der Waals surface area contributed by atoms with Gasteiger partial charge in [-0.15, -0.1) is 0 Å². The Bertz CT molecular complexity index is 699. The van der Waals surface area contributed by atoms with Crippen LogP contribution in [0.4, 0.5) is 4.79 Å². The van der Waals surface area contributed by atoms with Crippen LogP contribution in [0.25, 0.3) is 0 Å². The van der Waals surface area contributed by atoms with Crippen LogP contribution < -0.4 is 5.32 Å². The van der Waals surface area contributed by atoms with E-state index in [1.54, 1.807) is 29.4 Å². The van der Waals surface area contributed by atoms with Gasteiger partial charge in [0.2, 0.25) is 0 Å². The van der Waals surface area contributed by atoms with Gasteiger partial charge in [-0.2, -0.15) is 0 Å². The fourth-order valence-electron chi connectivity index (χ4n) is 3.12. The van der Waals surface area contributed by atoms with E-state index in [0.717, 1.165) is 24.8 Å². The summed E-state index contributed by atoms with van der Waals surface area (Å²) in [5, 5.41) is 2.93. The van der Waals surface area contributed by atoms with Crippen LogP contribution in [0, 0.1) is 0 Å². The number of piperidine rings is 1. The van der Waals surface area contributed by atoms with Crippen molar-refractivity contribution in [2.24, 2.45) is 0 Å². The number of hydrogen-bond acceptors (Lipinski definition) is 4. The second-order valence-corrected chi connectivity index (χ2v) is 9.39. The summed E-state index contributed by atoms with van der Waals surface area (Å²) < 4.78 is 16.9. The number of carbonyl (C=O) groups is 2. The Labute approximate surface area is 164 Å². The number of rotatable bonds is 5. The summed E-state index contributed by atoms with van der Waals surface area (Å²) >= 11 is 0. The summed E-state index contributed by atoms with van der Waals surface area (Å²) in [5.74, 6) is 0.240. The second-order valence-electron chi connectivity index (χ2n) is 7.95. The quantitative estimate of drug-likeness (QED) is 0.833. The van der Waals surface area contributed by atoms with Crippen LogP contribution in [0.15, 0.2) is 24.3 Å². The van der Waals surface area contributed by atoms with Gasteiger partial charge < -0.3 is 15.0 Å². The largest absolute Gasteiger partial charge is 0.444 e. The monoisotopic (exact) mass is 394 g/mol. The zero-order valence-electron chi connectivity index (χ0n) is 16.6. The van der Waals surface area contributed by atoms with E-state index >= 15 is 0 Å². The normalized spacial score (nSPS) is 18.7. The summed E-state index contributed by atoms with van der Waals surface area (Å²) in [7, 11) is -0.954. The molecule has 6 nitrogen and oxygen atoms in total. The lowest BCUT2D eigenvalue weighted by Gasteiger charge is -2.36. The first-order valence-corrected chi connectivity index (χ1v) is 11.1. The van der Waals surface area contributed by atoms with Crippen molar-refractivity contribution in [2.45, 2.75) is 57.4 Å². The molecule has 2 atom stereocenters. The fraction of sp³-hybridized carbons (Fsp3) is 0.600. The van der Waals surface area contributed by atoms with Gasteiger partial charge in [-0.05, 0) is 57.7 Å². The second kappa shape index (κ2) is 9.35. The molecule has 1 aliphatic rings. The molecule has 1 fully saturated rings. The van der Waals surface area contributed by atoms with Gasteiger partial charge in [0, 0.05) is 41.5 Å². The van der Waals surface area contributed by atoms with E-state index < -0.39 is 16.4 Å². The van der Waals surface area contributed by atoms with Crippen molar-refractivity contribution in [2.75, 3.05) is 19.3 Å². The first-order valence-electron chi connectivity index (χ1n) is 9.32. The van der Waals surface area contributed by atoms with Gasteiger partial charge >= 0.3 is 6.09 Å².